The third kappa shape index (κ3) is 6.41. The minimum atomic E-state index is 0.614. The molecule has 0 fully saturated rings. The van der Waals surface area contributed by atoms with Crippen LogP contribution in [0.4, 0.5) is 0 Å². The molecule has 0 saturated heterocycles. The fourth-order valence-electron chi connectivity index (χ4n) is 1.14. The monoisotopic (exact) mass is 169 g/mol. The first-order chi connectivity index (χ1) is 5.70. The number of nitrogens with one attached hydrogen (secondary N) is 1. The van der Waals surface area contributed by atoms with E-state index >= 15 is 0 Å². The van der Waals surface area contributed by atoms with Crippen LogP contribution in [0.5, 0.6) is 0 Å². The van der Waals surface area contributed by atoms with Gasteiger partial charge in [0.1, 0.15) is 0 Å². The number of hydrogen-bond acceptors (Lipinski definition) is 1. The molecule has 0 rings (SSSR count). The van der Waals surface area contributed by atoms with Gasteiger partial charge in [-0.3, -0.25) is 0 Å². The van der Waals surface area contributed by atoms with Crippen molar-refractivity contribution in [3.05, 3.63) is 12.2 Å². The SMILES string of the molecule is CC/C=C\CC(C)NC(C)CC. The van der Waals surface area contributed by atoms with Gasteiger partial charge in [-0.1, -0.05) is 26.0 Å². The zero-order valence-electron chi connectivity index (χ0n) is 8.93. The fourth-order valence-corrected chi connectivity index (χ4v) is 1.14. The van der Waals surface area contributed by atoms with E-state index in [4.69, 9.17) is 0 Å². The van der Waals surface area contributed by atoms with E-state index < -0.39 is 0 Å². The Bertz CT molecular complexity index is 118. The first-order valence-electron chi connectivity index (χ1n) is 5.11. The molecule has 2 unspecified atom stereocenters. The van der Waals surface area contributed by atoms with Crippen LogP contribution in [0.2, 0.25) is 0 Å². The Morgan fingerprint density at radius 2 is 1.75 bits per heavy atom. The van der Waals surface area contributed by atoms with Crippen molar-refractivity contribution in [2.24, 2.45) is 0 Å². The number of allylic oxidation sites excluding steroid dienone is 1. The van der Waals surface area contributed by atoms with Crippen LogP contribution in [0.25, 0.3) is 0 Å². The molecule has 0 aromatic rings. The van der Waals surface area contributed by atoms with Crippen LogP contribution in [-0.2, 0) is 0 Å². The zero-order valence-corrected chi connectivity index (χ0v) is 8.93. The summed E-state index contributed by atoms with van der Waals surface area (Å²) in [6.45, 7) is 8.86. The van der Waals surface area contributed by atoms with E-state index in [1.807, 2.05) is 0 Å². The average molecular weight is 169 g/mol. The van der Waals surface area contributed by atoms with Gasteiger partial charge in [0.15, 0.2) is 0 Å². The molecular weight excluding hydrogens is 146 g/mol. The van der Waals surface area contributed by atoms with E-state index in [0.717, 1.165) is 12.8 Å². The number of hydrogen-bond donors (Lipinski definition) is 1. The van der Waals surface area contributed by atoms with E-state index in [1.165, 1.54) is 6.42 Å². The minimum absolute atomic E-state index is 0.614. The second-order valence-corrected chi connectivity index (χ2v) is 3.49. The quantitative estimate of drug-likeness (QED) is 0.602. The van der Waals surface area contributed by atoms with Crippen LogP contribution < -0.4 is 5.32 Å². The molecule has 0 radical (unpaired) electrons. The van der Waals surface area contributed by atoms with Gasteiger partial charge < -0.3 is 5.32 Å². The van der Waals surface area contributed by atoms with Crippen molar-refractivity contribution in [3.63, 3.8) is 0 Å². The van der Waals surface area contributed by atoms with Crippen LogP contribution in [0.15, 0.2) is 12.2 Å². The van der Waals surface area contributed by atoms with Gasteiger partial charge in [0.25, 0.3) is 0 Å². The molecule has 0 aliphatic rings. The lowest BCUT2D eigenvalue weighted by Crippen LogP contribution is -2.33. The summed E-state index contributed by atoms with van der Waals surface area (Å²) >= 11 is 0. The van der Waals surface area contributed by atoms with E-state index in [-0.39, 0.29) is 0 Å². The standard InChI is InChI=1S/C11H23N/c1-5-7-8-9-11(4)12-10(3)6-2/h7-8,10-12H,5-6,9H2,1-4H3/b8-7-. The lowest BCUT2D eigenvalue weighted by atomic mass is 10.1. The van der Waals surface area contributed by atoms with E-state index in [1.54, 1.807) is 0 Å². The predicted octanol–water partition coefficient (Wildman–Crippen LogP) is 3.12. The van der Waals surface area contributed by atoms with Gasteiger partial charge in [0.2, 0.25) is 0 Å². The van der Waals surface area contributed by atoms with Crippen molar-refractivity contribution in [2.45, 2.75) is 59.0 Å². The predicted molar refractivity (Wildman–Crippen MR) is 56.4 cm³/mol. The Kier molecular flexibility index (Phi) is 7.17. The van der Waals surface area contributed by atoms with Gasteiger partial charge in [-0.15, -0.1) is 0 Å². The third-order valence-corrected chi connectivity index (χ3v) is 2.07. The van der Waals surface area contributed by atoms with Gasteiger partial charge in [-0.2, -0.15) is 0 Å². The molecule has 0 aromatic carbocycles. The summed E-state index contributed by atoms with van der Waals surface area (Å²) in [7, 11) is 0. The summed E-state index contributed by atoms with van der Waals surface area (Å²) in [5.41, 5.74) is 0. The Morgan fingerprint density at radius 3 is 2.25 bits per heavy atom. The molecule has 72 valence electrons. The van der Waals surface area contributed by atoms with Gasteiger partial charge in [-0.05, 0) is 33.1 Å². The Balaban J connectivity index is 3.45. The van der Waals surface area contributed by atoms with Gasteiger partial charge in [-0.25, -0.2) is 0 Å². The van der Waals surface area contributed by atoms with Crippen LogP contribution >= 0.6 is 0 Å². The molecular formula is C11H23N. The maximum Gasteiger partial charge on any atom is 0.00757 e. The van der Waals surface area contributed by atoms with Crippen LogP contribution in [-0.4, -0.2) is 12.1 Å². The Hall–Kier alpha value is -0.300. The highest BCUT2D eigenvalue weighted by Gasteiger charge is 2.02. The van der Waals surface area contributed by atoms with Crippen molar-refractivity contribution < 1.29 is 0 Å². The van der Waals surface area contributed by atoms with Crippen molar-refractivity contribution in [1.82, 2.24) is 5.32 Å². The van der Waals surface area contributed by atoms with Gasteiger partial charge >= 0.3 is 0 Å². The molecule has 0 aliphatic carbocycles. The highest BCUT2D eigenvalue weighted by Crippen LogP contribution is 1.97. The molecule has 2 atom stereocenters. The van der Waals surface area contributed by atoms with Crippen molar-refractivity contribution in [1.29, 1.82) is 0 Å². The summed E-state index contributed by atoms with van der Waals surface area (Å²) in [6, 6.07) is 1.26. The zero-order chi connectivity index (χ0) is 9.40. The largest absolute Gasteiger partial charge is 0.311 e. The Morgan fingerprint density at radius 1 is 1.08 bits per heavy atom. The van der Waals surface area contributed by atoms with Crippen molar-refractivity contribution in [3.8, 4) is 0 Å². The lowest BCUT2D eigenvalue weighted by Gasteiger charge is -2.17. The van der Waals surface area contributed by atoms with Crippen LogP contribution in [0.3, 0.4) is 0 Å². The molecule has 1 nitrogen and oxygen atoms in total. The molecule has 0 aliphatic heterocycles. The molecule has 0 amide bonds. The molecule has 0 aromatic heterocycles. The fraction of sp³-hybridized carbons (Fsp3) is 0.818. The molecule has 0 bridgehead atoms. The topological polar surface area (TPSA) is 12.0 Å². The van der Waals surface area contributed by atoms with Crippen LogP contribution in [0, 0.1) is 0 Å². The maximum atomic E-state index is 3.54. The number of rotatable bonds is 6. The van der Waals surface area contributed by atoms with E-state index in [0.29, 0.717) is 12.1 Å². The normalized spacial score (nSPS) is 16.7. The van der Waals surface area contributed by atoms with E-state index in [2.05, 4.69) is 45.2 Å². The summed E-state index contributed by atoms with van der Waals surface area (Å²) in [5.74, 6) is 0. The van der Waals surface area contributed by atoms with Gasteiger partial charge in [0.05, 0.1) is 0 Å². The first-order valence-corrected chi connectivity index (χ1v) is 5.11. The molecule has 0 saturated carbocycles. The summed E-state index contributed by atoms with van der Waals surface area (Å²) in [5, 5.41) is 3.54. The second kappa shape index (κ2) is 7.35. The average Bonchev–Trinajstić information content (AvgIpc) is 2.05. The van der Waals surface area contributed by atoms with Crippen molar-refractivity contribution in [2.75, 3.05) is 0 Å². The third-order valence-electron chi connectivity index (χ3n) is 2.07. The maximum absolute atomic E-state index is 3.54. The highest BCUT2D eigenvalue weighted by atomic mass is 14.9. The molecule has 12 heavy (non-hydrogen) atoms. The summed E-state index contributed by atoms with van der Waals surface area (Å²) in [6.07, 6.45) is 8.00. The second-order valence-electron chi connectivity index (χ2n) is 3.49. The minimum Gasteiger partial charge on any atom is -0.311 e. The van der Waals surface area contributed by atoms with Crippen molar-refractivity contribution >= 4 is 0 Å². The first kappa shape index (κ1) is 11.7. The molecule has 0 heterocycles. The molecule has 0 spiro atoms. The molecule has 1 heteroatoms. The summed E-state index contributed by atoms with van der Waals surface area (Å²) < 4.78 is 0. The smallest absolute Gasteiger partial charge is 0.00757 e. The van der Waals surface area contributed by atoms with E-state index in [9.17, 15) is 0 Å². The highest BCUT2D eigenvalue weighted by molar-refractivity contribution is 4.84. The Labute approximate surface area is 77.2 Å². The lowest BCUT2D eigenvalue weighted by molar-refractivity contribution is 0.460. The van der Waals surface area contributed by atoms with Crippen LogP contribution in [0.1, 0.15) is 47.0 Å². The molecule has 1 N–H and O–H groups in total. The van der Waals surface area contributed by atoms with Gasteiger partial charge in [0, 0.05) is 12.1 Å². The summed E-state index contributed by atoms with van der Waals surface area (Å²) in [4.78, 5) is 0.